The highest BCUT2D eigenvalue weighted by Gasteiger charge is 2.30. The van der Waals surface area contributed by atoms with Gasteiger partial charge in [-0.3, -0.25) is 4.79 Å². The number of carbonyl (C=O) groups excluding carboxylic acids is 2. The van der Waals surface area contributed by atoms with Crippen LogP contribution < -0.4 is 11.1 Å². The largest absolute Gasteiger partial charge is 0.506 e. The lowest BCUT2D eigenvalue weighted by Crippen LogP contribution is -2.37. The molecule has 5 N–H and O–H groups in total. The smallest absolute Gasteiger partial charge is 0.405 e. The molecule has 1 heterocycles. The van der Waals surface area contributed by atoms with Crippen molar-refractivity contribution >= 4 is 17.7 Å². The van der Waals surface area contributed by atoms with Gasteiger partial charge in [0.1, 0.15) is 5.75 Å². The number of rotatable bonds is 3. The number of ether oxygens (including phenoxy) is 3. The number of aliphatic hydroxyl groups is 1. The number of phenolic OH excluding ortho intramolecular Hbond substituents is 1. The number of carbonyl (C=O) groups is 2. The van der Waals surface area contributed by atoms with E-state index in [-0.39, 0.29) is 23.5 Å². The Kier molecular flexibility index (Phi) is 11.6. The number of phenols is 1. The Labute approximate surface area is 219 Å². The predicted octanol–water partition coefficient (Wildman–Crippen LogP) is 4.08. The molecular weight excluding hydrogens is 476 g/mol. The molecular formula is C28H42N2O7. The Bertz CT molecular complexity index is 991. The molecule has 0 spiro atoms. The van der Waals surface area contributed by atoms with Crippen LogP contribution in [0.5, 0.6) is 5.75 Å². The molecule has 9 nitrogen and oxygen atoms in total. The van der Waals surface area contributed by atoms with E-state index < -0.39 is 30.5 Å². The molecule has 0 saturated carbocycles. The zero-order valence-electron chi connectivity index (χ0n) is 22.7. The van der Waals surface area contributed by atoms with Gasteiger partial charge in [-0.2, -0.15) is 0 Å². The Morgan fingerprint density at radius 3 is 2.43 bits per heavy atom. The summed E-state index contributed by atoms with van der Waals surface area (Å²) < 4.78 is 16.7. The number of allylic oxidation sites excluding steroid dienone is 1. The van der Waals surface area contributed by atoms with E-state index in [4.69, 9.17) is 19.9 Å². The zero-order chi connectivity index (χ0) is 27.7. The molecule has 1 aliphatic rings. The van der Waals surface area contributed by atoms with Crippen LogP contribution in [0, 0.1) is 11.8 Å². The summed E-state index contributed by atoms with van der Waals surface area (Å²) in [6.45, 7) is 7.44. The van der Waals surface area contributed by atoms with E-state index in [2.05, 4.69) is 12.2 Å². The van der Waals surface area contributed by atoms with Gasteiger partial charge in [-0.25, -0.2) is 4.79 Å². The number of aromatic hydroxyl groups is 1. The van der Waals surface area contributed by atoms with Crippen molar-refractivity contribution in [2.24, 2.45) is 17.6 Å². The normalized spacial score (nSPS) is 31.4. The third kappa shape index (κ3) is 8.87. The van der Waals surface area contributed by atoms with Crippen LogP contribution >= 0.6 is 0 Å². The number of benzene rings is 1. The van der Waals surface area contributed by atoms with Crippen molar-refractivity contribution in [1.29, 1.82) is 0 Å². The van der Waals surface area contributed by atoms with Crippen LogP contribution in [0.2, 0.25) is 0 Å². The highest BCUT2D eigenvalue weighted by atomic mass is 16.6. The molecule has 2 bridgehead atoms. The number of hydrogen-bond donors (Lipinski definition) is 4. The molecule has 0 radical (unpaired) electrons. The summed E-state index contributed by atoms with van der Waals surface area (Å²) in [5.74, 6) is -0.517. The SMILES string of the molecule is CO[C@H]1C[C@@H](C)Cc2ccc(O)c(c2)NC(=O)/C(C)=C/CC[C@H](OC)[C@@H](OC(N)=O)/C(C)=C/[C@@H](C)[C@@H]1O. The monoisotopic (exact) mass is 518 g/mol. The number of hydrogen-bond acceptors (Lipinski definition) is 7. The lowest BCUT2D eigenvalue weighted by molar-refractivity contribution is -0.112. The van der Waals surface area contributed by atoms with E-state index in [1.54, 1.807) is 32.2 Å². The average molecular weight is 519 g/mol. The number of nitrogens with one attached hydrogen (secondary N) is 1. The quantitative estimate of drug-likeness (QED) is 0.349. The maximum absolute atomic E-state index is 12.8. The van der Waals surface area contributed by atoms with Crippen LogP contribution in [-0.2, 0) is 25.4 Å². The molecule has 0 unspecified atom stereocenters. The summed E-state index contributed by atoms with van der Waals surface area (Å²) in [5.41, 5.74) is 7.81. The second-order valence-corrected chi connectivity index (χ2v) is 9.98. The van der Waals surface area contributed by atoms with Crippen LogP contribution in [0.3, 0.4) is 0 Å². The minimum atomic E-state index is -0.928. The van der Waals surface area contributed by atoms with Crippen LogP contribution in [-0.4, -0.2) is 60.8 Å². The van der Waals surface area contributed by atoms with Crippen LogP contribution in [0.1, 0.15) is 52.5 Å². The Hall–Kier alpha value is -2.88. The summed E-state index contributed by atoms with van der Waals surface area (Å²) in [6, 6.07) is 5.16. The molecule has 0 aromatic heterocycles. The van der Waals surface area contributed by atoms with E-state index >= 15 is 0 Å². The second-order valence-electron chi connectivity index (χ2n) is 9.98. The van der Waals surface area contributed by atoms with E-state index in [0.29, 0.717) is 42.5 Å². The molecule has 206 valence electrons. The highest BCUT2D eigenvalue weighted by molar-refractivity contribution is 6.04. The van der Waals surface area contributed by atoms with Gasteiger partial charge in [-0.1, -0.05) is 32.1 Å². The van der Waals surface area contributed by atoms with Crippen molar-refractivity contribution < 1.29 is 34.0 Å². The number of methoxy groups -OCH3 is 2. The van der Waals surface area contributed by atoms with Gasteiger partial charge in [0.2, 0.25) is 0 Å². The lowest BCUT2D eigenvalue weighted by atomic mass is 9.88. The zero-order valence-corrected chi connectivity index (χ0v) is 22.7. The lowest BCUT2D eigenvalue weighted by Gasteiger charge is -2.30. The average Bonchev–Trinajstić information content (AvgIpc) is 2.84. The first kappa shape index (κ1) is 30.3. The topological polar surface area (TPSA) is 140 Å². The first-order chi connectivity index (χ1) is 17.5. The van der Waals surface area contributed by atoms with Gasteiger partial charge in [0.25, 0.3) is 5.91 Å². The van der Waals surface area contributed by atoms with Crippen molar-refractivity contribution in [3.63, 3.8) is 0 Å². The first-order valence-electron chi connectivity index (χ1n) is 12.6. The Morgan fingerprint density at radius 2 is 1.81 bits per heavy atom. The number of primary amides is 1. The fourth-order valence-electron chi connectivity index (χ4n) is 4.77. The van der Waals surface area contributed by atoms with Crippen LogP contribution in [0.25, 0.3) is 0 Å². The maximum atomic E-state index is 12.8. The number of nitrogens with two attached hydrogens (primary N) is 1. The minimum absolute atomic E-state index is 0.0186. The minimum Gasteiger partial charge on any atom is -0.506 e. The highest BCUT2D eigenvalue weighted by Crippen LogP contribution is 2.29. The molecule has 0 aliphatic carbocycles. The summed E-state index contributed by atoms with van der Waals surface area (Å²) in [5, 5.41) is 24.2. The molecule has 1 aliphatic heterocycles. The van der Waals surface area contributed by atoms with Gasteiger partial charge in [-0.15, -0.1) is 0 Å². The van der Waals surface area contributed by atoms with Gasteiger partial charge in [0.05, 0.1) is 24.0 Å². The van der Waals surface area contributed by atoms with E-state index in [1.807, 2.05) is 26.0 Å². The van der Waals surface area contributed by atoms with Crippen molar-refractivity contribution in [1.82, 2.24) is 0 Å². The summed E-state index contributed by atoms with van der Waals surface area (Å²) in [7, 11) is 3.09. The summed E-state index contributed by atoms with van der Waals surface area (Å²) in [6.07, 6.45) is 2.33. The standard InChI is InChI=1S/C28H42N2O7/c1-16-12-20-10-11-22(31)21(15-20)30-27(33)17(2)8-7-9-23(35-5)26(37-28(29)34)19(4)14-18(3)25(32)24(13-16)36-6/h8,10-11,14-16,18,23-26,31-32H,7,9,12-13H2,1-6H3,(H2,29,34)(H,30,33)/b17-8+,19-14+/t16-,18+,23-,24-,25-,26-/m0/s1. The fraction of sp³-hybridized carbons (Fsp3) is 0.571. The van der Waals surface area contributed by atoms with Crippen LogP contribution in [0.15, 0.2) is 41.5 Å². The third-order valence-electron chi connectivity index (χ3n) is 6.87. The van der Waals surface area contributed by atoms with Gasteiger partial charge in [0, 0.05) is 25.7 Å². The number of aliphatic hydroxyl groups excluding tert-OH is 1. The van der Waals surface area contributed by atoms with Gasteiger partial charge in [-0.05, 0) is 68.7 Å². The molecule has 6 atom stereocenters. The maximum Gasteiger partial charge on any atom is 0.405 e. The molecule has 2 amide bonds. The fourth-order valence-corrected chi connectivity index (χ4v) is 4.77. The Morgan fingerprint density at radius 1 is 1.14 bits per heavy atom. The molecule has 9 heteroatoms. The summed E-state index contributed by atoms with van der Waals surface area (Å²) >= 11 is 0. The van der Waals surface area contributed by atoms with E-state index in [0.717, 1.165) is 5.56 Å². The molecule has 2 rings (SSSR count). The first-order valence-corrected chi connectivity index (χ1v) is 12.6. The second kappa shape index (κ2) is 14.2. The van der Waals surface area contributed by atoms with Crippen molar-refractivity contribution in [2.45, 2.75) is 77.8 Å². The number of anilines is 1. The Balaban J connectivity index is 2.47. The third-order valence-corrected chi connectivity index (χ3v) is 6.87. The molecule has 37 heavy (non-hydrogen) atoms. The van der Waals surface area contributed by atoms with Gasteiger partial charge in [0.15, 0.2) is 6.10 Å². The van der Waals surface area contributed by atoms with Gasteiger partial charge < -0.3 is 35.5 Å². The van der Waals surface area contributed by atoms with E-state index in [1.165, 1.54) is 7.11 Å². The van der Waals surface area contributed by atoms with Gasteiger partial charge >= 0.3 is 6.09 Å². The van der Waals surface area contributed by atoms with Crippen molar-refractivity contribution in [3.05, 3.63) is 47.1 Å². The molecule has 1 aromatic rings. The van der Waals surface area contributed by atoms with Crippen molar-refractivity contribution in [3.8, 4) is 5.75 Å². The number of amides is 2. The molecule has 1 aromatic carbocycles. The van der Waals surface area contributed by atoms with Crippen LogP contribution in [0.4, 0.5) is 10.5 Å². The predicted molar refractivity (Wildman–Crippen MR) is 142 cm³/mol. The molecule has 0 saturated heterocycles. The number of fused-ring (bicyclic) bond motifs is 2. The van der Waals surface area contributed by atoms with Crippen molar-refractivity contribution in [2.75, 3.05) is 19.5 Å². The summed E-state index contributed by atoms with van der Waals surface area (Å²) in [4.78, 5) is 24.5. The molecule has 0 fully saturated rings. The van der Waals surface area contributed by atoms with E-state index in [9.17, 15) is 19.8 Å².